The van der Waals surface area contributed by atoms with Gasteiger partial charge in [0.05, 0.1) is 45.5 Å². The van der Waals surface area contributed by atoms with Crippen LogP contribution in [0.5, 0.6) is 0 Å². The number of hydrogen-bond acceptors (Lipinski definition) is 6. The van der Waals surface area contributed by atoms with Gasteiger partial charge in [0.1, 0.15) is 35.9 Å². The van der Waals surface area contributed by atoms with Crippen molar-refractivity contribution in [2.75, 3.05) is 0 Å². The summed E-state index contributed by atoms with van der Waals surface area (Å²) in [5, 5.41) is 58.5. The van der Waals surface area contributed by atoms with E-state index in [2.05, 4.69) is 24.3 Å². The third-order valence-corrected chi connectivity index (χ3v) is 8.07. The first-order valence-corrected chi connectivity index (χ1v) is 14.2. The molecule has 0 atom stereocenters. The van der Waals surface area contributed by atoms with Crippen LogP contribution >= 0.6 is 0 Å². The van der Waals surface area contributed by atoms with Crippen molar-refractivity contribution in [3.8, 4) is 36.4 Å². The summed E-state index contributed by atoms with van der Waals surface area (Å²) in [6.07, 6.45) is 3.59. The molecule has 2 aliphatic carbocycles. The Hall–Kier alpha value is -7.62. The molecule has 0 bridgehead atoms. The molecule has 8 heteroatoms. The molecule has 6 rings (SSSR count). The van der Waals surface area contributed by atoms with Crippen LogP contribution in [0.1, 0.15) is 44.5 Å². The molecule has 0 saturated heterocycles. The van der Waals surface area contributed by atoms with E-state index in [1.54, 1.807) is 72.8 Å². The Kier molecular flexibility index (Phi) is 7.86. The number of nitriles is 6. The van der Waals surface area contributed by atoms with E-state index >= 15 is 0 Å². The fourth-order valence-corrected chi connectivity index (χ4v) is 5.79. The first-order chi connectivity index (χ1) is 23.3. The highest BCUT2D eigenvalue weighted by atomic mass is 19.1. The highest BCUT2D eigenvalue weighted by Gasteiger charge is 2.35. The van der Waals surface area contributed by atoms with Gasteiger partial charge in [-0.25, -0.2) is 8.78 Å². The van der Waals surface area contributed by atoms with Crippen LogP contribution in [0, 0.1) is 79.6 Å². The molecule has 6 nitrogen and oxygen atoms in total. The number of rotatable bonds is 4. The Labute approximate surface area is 274 Å². The number of hydrogen-bond donors (Lipinski definition) is 0. The number of benzene rings is 4. The third kappa shape index (κ3) is 5.12. The maximum Gasteiger partial charge on any atom is 0.141 e. The second-order valence-electron chi connectivity index (χ2n) is 10.7. The van der Waals surface area contributed by atoms with Gasteiger partial charge in [-0.2, -0.15) is 31.6 Å². The van der Waals surface area contributed by atoms with Gasteiger partial charge in [0.15, 0.2) is 0 Å². The lowest BCUT2D eigenvalue weighted by Gasteiger charge is -2.15. The molecule has 4 aromatic rings. The Balaban J connectivity index is 1.70. The average molecular weight is 619 g/mol. The zero-order valence-electron chi connectivity index (χ0n) is 24.7. The van der Waals surface area contributed by atoms with Crippen molar-refractivity contribution >= 4 is 22.3 Å². The van der Waals surface area contributed by atoms with E-state index in [0.717, 1.165) is 12.1 Å². The third-order valence-electron chi connectivity index (χ3n) is 8.07. The molecule has 0 N–H and O–H groups in total. The molecular formula is C40H16F2N6. The molecule has 2 aliphatic rings. The predicted molar refractivity (Wildman–Crippen MR) is 173 cm³/mol. The van der Waals surface area contributed by atoms with Crippen molar-refractivity contribution in [2.45, 2.75) is 0 Å². The molecular weight excluding hydrogens is 602 g/mol. The van der Waals surface area contributed by atoms with E-state index in [4.69, 9.17) is 0 Å². The lowest BCUT2D eigenvalue weighted by molar-refractivity contribution is 0.623. The quantitative estimate of drug-likeness (QED) is 0.211. The number of halogens is 2. The van der Waals surface area contributed by atoms with Crippen molar-refractivity contribution in [3.05, 3.63) is 176 Å². The van der Waals surface area contributed by atoms with Crippen LogP contribution in [-0.2, 0) is 0 Å². The second kappa shape index (κ2) is 12.4. The van der Waals surface area contributed by atoms with E-state index in [-0.39, 0.29) is 33.4 Å². The minimum absolute atomic E-state index is 0.0959. The van der Waals surface area contributed by atoms with Crippen molar-refractivity contribution in [2.24, 2.45) is 0 Å². The summed E-state index contributed by atoms with van der Waals surface area (Å²) >= 11 is 0. The summed E-state index contributed by atoms with van der Waals surface area (Å²) in [5.74, 6) is -1.59. The van der Waals surface area contributed by atoms with Crippen LogP contribution in [0.4, 0.5) is 8.78 Å². The standard InChI is InChI=1S/C40H16F2N6/c41-37-13-27(9-11-29(37)19-45)35(21-47)39-31(25-5-1-23(17-43)2-6-25)15-33-34(39)16-32(26-7-3-24(18-44)4-8-26)40(33)36(22-48)28-10-12-30(20-46)38(42)14-28/h1-16H/b39-35-,40-36-. The van der Waals surface area contributed by atoms with Gasteiger partial charge in [-0.1, -0.05) is 36.4 Å². The maximum atomic E-state index is 14.9. The van der Waals surface area contributed by atoms with Gasteiger partial charge in [-0.15, -0.1) is 0 Å². The fraction of sp³-hybridized carbons (Fsp3) is 0. The summed E-state index contributed by atoms with van der Waals surface area (Å²) in [6.45, 7) is 0. The van der Waals surface area contributed by atoms with Crippen molar-refractivity contribution in [3.63, 3.8) is 0 Å². The topological polar surface area (TPSA) is 143 Å². The molecule has 0 aliphatic heterocycles. The van der Waals surface area contributed by atoms with Crippen LogP contribution < -0.4 is 0 Å². The molecule has 4 aromatic carbocycles. The minimum atomic E-state index is -0.796. The Morgan fingerprint density at radius 1 is 0.458 bits per heavy atom. The average Bonchev–Trinajstić information content (AvgIpc) is 3.66. The summed E-state index contributed by atoms with van der Waals surface area (Å²) in [5.41, 5.74) is 5.39. The SMILES string of the molecule is N#C/C(=C1\C(c2ccc(C#N)cc2)=CC2=C1C=C(c1ccc(C#N)cc1)/C2=C(\C#N)c1ccc(C#N)c(F)c1)c1ccc(C#N)c(F)c1. The minimum Gasteiger partial charge on any atom is -0.206 e. The molecule has 0 heterocycles. The predicted octanol–water partition coefficient (Wildman–Crippen LogP) is 8.20. The Bertz CT molecular complexity index is 2330. The number of nitrogens with zero attached hydrogens (tertiary/aromatic N) is 6. The lowest BCUT2D eigenvalue weighted by atomic mass is 9.87. The normalized spacial score (nSPS) is 15.0. The van der Waals surface area contributed by atoms with E-state index < -0.39 is 11.6 Å². The first kappa shape index (κ1) is 30.4. The zero-order chi connectivity index (χ0) is 33.9. The summed E-state index contributed by atoms with van der Waals surface area (Å²) in [4.78, 5) is 0. The Morgan fingerprint density at radius 3 is 1.12 bits per heavy atom. The van der Waals surface area contributed by atoms with Crippen LogP contribution in [0.25, 0.3) is 22.3 Å². The highest BCUT2D eigenvalue weighted by molar-refractivity contribution is 6.12. The van der Waals surface area contributed by atoms with Crippen LogP contribution in [0.3, 0.4) is 0 Å². The molecule has 0 aromatic heterocycles. The number of allylic oxidation sites excluding steroid dienone is 10. The maximum absolute atomic E-state index is 14.9. The highest BCUT2D eigenvalue weighted by Crippen LogP contribution is 2.53. The van der Waals surface area contributed by atoms with Gasteiger partial charge in [0, 0.05) is 11.1 Å². The van der Waals surface area contributed by atoms with E-state index in [0.29, 0.717) is 55.7 Å². The molecule has 0 unspecified atom stereocenters. The molecule has 0 fully saturated rings. The van der Waals surface area contributed by atoms with Gasteiger partial charge in [-0.3, -0.25) is 0 Å². The van der Waals surface area contributed by atoms with Gasteiger partial charge >= 0.3 is 0 Å². The van der Waals surface area contributed by atoms with E-state index in [1.165, 1.54) is 24.3 Å². The van der Waals surface area contributed by atoms with Crippen LogP contribution in [0.2, 0.25) is 0 Å². The zero-order valence-corrected chi connectivity index (χ0v) is 24.7. The molecule has 0 radical (unpaired) electrons. The van der Waals surface area contributed by atoms with Crippen molar-refractivity contribution in [1.29, 1.82) is 31.6 Å². The van der Waals surface area contributed by atoms with Gasteiger partial charge in [0.25, 0.3) is 0 Å². The monoisotopic (exact) mass is 618 g/mol. The van der Waals surface area contributed by atoms with Crippen molar-refractivity contribution in [1.82, 2.24) is 0 Å². The van der Waals surface area contributed by atoms with Crippen LogP contribution in [0.15, 0.2) is 119 Å². The van der Waals surface area contributed by atoms with E-state index in [1.807, 2.05) is 0 Å². The summed E-state index contributed by atoms with van der Waals surface area (Å²) in [7, 11) is 0. The van der Waals surface area contributed by atoms with Gasteiger partial charge in [0.2, 0.25) is 0 Å². The largest absolute Gasteiger partial charge is 0.206 e. The van der Waals surface area contributed by atoms with Crippen molar-refractivity contribution < 1.29 is 8.78 Å². The van der Waals surface area contributed by atoms with Gasteiger partial charge < -0.3 is 0 Å². The fourth-order valence-electron chi connectivity index (χ4n) is 5.79. The van der Waals surface area contributed by atoms with Gasteiger partial charge in [-0.05, 0) is 105 Å². The molecule has 0 amide bonds. The Morgan fingerprint density at radius 2 is 0.833 bits per heavy atom. The molecule has 0 saturated carbocycles. The molecule has 0 spiro atoms. The van der Waals surface area contributed by atoms with E-state index in [9.17, 15) is 40.4 Å². The van der Waals surface area contributed by atoms with Crippen LogP contribution in [-0.4, -0.2) is 0 Å². The first-order valence-electron chi connectivity index (χ1n) is 14.2. The smallest absolute Gasteiger partial charge is 0.141 e. The lowest BCUT2D eigenvalue weighted by Crippen LogP contribution is -1.97. The second-order valence-corrected chi connectivity index (χ2v) is 10.7. The summed E-state index contributed by atoms with van der Waals surface area (Å²) < 4.78 is 29.8. The summed E-state index contributed by atoms with van der Waals surface area (Å²) in [6, 6.07) is 33.3. The molecule has 220 valence electrons. The molecule has 48 heavy (non-hydrogen) atoms.